The number of hydrazone groups is 1. The van der Waals surface area contributed by atoms with Crippen LogP contribution >= 0.6 is 31.9 Å². The Balaban J connectivity index is 3.08. The maximum atomic E-state index is 5.00. The molecule has 2 N–H and O–H groups in total. The van der Waals surface area contributed by atoms with E-state index in [4.69, 9.17) is 5.84 Å². The van der Waals surface area contributed by atoms with Crippen LogP contribution in [-0.2, 0) is 0 Å². The fourth-order valence-electron chi connectivity index (χ4n) is 0.736. The van der Waals surface area contributed by atoms with Crippen molar-refractivity contribution in [3.05, 3.63) is 32.7 Å². The molecule has 0 aliphatic carbocycles. The van der Waals surface area contributed by atoms with E-state index < -0.39 is 0 Å². The standard InChI is InChI=1S/C7H6Br2N2/c8-6-1-5(4-11-10)2-7(9)3-6/h1-4H,10H2. The quantitative estimate of drug-likeness (QED) is 0.478. The first-order chi connectivity index (χ1) is 5.22. The lowest BCUT2D eigenvalue weighted by atomic mass is 10.2. The Bertz CT molecular complexity index is 264. The average molecular weight is 278 g/mol. The van der Waals surface area contributed by atoms with Gasteiger partial charge in [-0.25, -0.2) is 0 Å². The van der Waals surface area contributed by atoms with Crippen molar-refractivity contribution < 1.29 is 0 Å². The highest BCUT2D eigenvalue weighted by molar-refractivity contribution is 9.11. The van der Waals surface area contributed by atoms with E-state index in [1.54, 1.807) is 6.21 Å². The number of benzene rings is 1. The van der Waals surface area contributed by atoms with Crippen LogP contribution in [0.2, 0.25) is 0 Å². The first kappa shape index (κ1) is 8.74. The van der Waals surface area contributed by atoms with Crippen LogP contribution in [-0.4, -0.2) is 6.21 Å². The maximum Gasteiger partial charge on any atom is 0.0538 e. The van der Waals surface area contributed by atoms with Crippen molar-refractivity contribution in [3.8, 4) is 0 Å². The van der Waals surface area contributed by atoms with E-state index in [1.165, 1.54) is 0 Å². The number of hydrogen-bond donors (Lipinski definition) is 1. The Morgan fingerprint density at radius 2 is 1.73 bits per heavy atom. The van der Waals surface area contributed by atoms with Crippen LogP contribution in [0.4, 0.5) is 0 Å². The first-order valence-corrected chi connectivity index (χ1v) is 4.50. The van der Waals surface area contributed by atoms with E-state index in [0.29, 0.717) is 0 Å². The molecule has 0 bridgehead atoms. The third kappa shape index (κ3) is 2.63. The molecule has 0 spiro atoms. The molecule has 0 fully saturated rings. The molecule has 0 amide bonds. The molecule has 0 saturated heterocycles. The normalized spacial score (nSPS) is 10.7. The Morgan fingerprint density at radius 1 is 1.18 bits per heavy atom. The topological polar surface area (TPSA) is 38.4 Å². The molecule has 4 heteroatoms. The van der Waals surface area contributed by atoms with Crippen LogP contribution in [0.25, 0.3) is 0 Å². The van der Waals surface area contributed by atoms with Crippen LogP contribution in [0.3, 0.4) is 0 Å². The number of hydrogen-bond acceptors (Lipinski definition) is 2. The summed E-state index contributed by atoms with van der Waals surface area (Å²) >= 11 is 6.70. The molecular formula is C7H6Br2N2. The highest BCUT2D eigenvalue weighted by Gasteiger charge is 1.93. The molecule has 0 atom stereocenters. The molecule has 0 aliphatic heterocycles. The van der Waals surface area contributed by atoms with E-state index in [0.717, 1.165) is 14.5 Å². The molecule has 1 aromatic carbocycles. The predicted molar refractivity (Wildman–Crippen MR) is 53.6 cm³/mol. The van der Waals surface area contributed by atoms with Crippen LogP contribution in [0.1, 0.15) is 5.56 Å². The fourth-order valence-corrected chi connectivity index (χ4v) is 2.06. The van der Waals surface area contributed by atoms with Gasteiger partial charge in [-0.05, 0) is 23.8 Å². The molecule has 11 heavy (non-hydrogen) atoms. The second-order valence-corrected chi connectivity index (χ2v) is 3.81. The molecule has 58 valence electrons. The smallest absolute Gasteiger partial charge is 0.0538 e. The van der Waals surface area contributed by atoms with Crippen LogP contribution in [0, 0.1) is 0 Å². The molecule has 0 saturated carbocycles. The van der Waals surface area contributed by atoms with Gasteiger partial charge in [-0.15, -0.1) is 0 Å². The second-order valence-electron chi connectivity index (χ2n) is 1.98. The zero-order chi connectivity index (χ0) is 8.27. The highest BCUT2D eigenvalue weighted by Crippen LogP contribution is 2.18. The van der Waals surface area contributed by atoms with Crippen LogP contribution < -0.4 is 5.84 Å². The second kappa shape index (κ2) is 3.88. The van der Waals surface area contributed by atoms with Crippen molar-refractivity contribution in [3.63, 3.8) is 0 Å². The Morgan fingerprint density at radius 3 is 2.18 bits per heavy atom. The molecule has 2 nitrogen and oxygen atoms in total. The number of nitrogens with two attached hydrogens (primary N) is 1. The SMILES string of the molecule is NN=Cc1cc(Br)cc(Br)c1. The number of halogens is 2. The van der Waals surface area contributed by atoms with Crippen molar-refractivity contribution in [1.29, 1.82) is 0 Å². The van der Waals surface area contributed by atoms with E-state index in [1.807, 2.05) is 18.2 Å². The van der Waals surface area contributed by atoms with E-state index >= 15 is 0 Å². The van der Waals surface area contributed by atoms with Gasteiger partial charge in [0.1, 0.15) is 0 Å². The van der Waals surface area contributed by atoms with E-state index in [-0.39, 0.29) is 0 Å². The van der Waals surface area contributed by atoms with Gasteiger partial charge in [0.05, 0.1) is 6.21 Å². The molecule has 1 aromatic rings. The minimum Gasteiger partial charge on any atom is -0.323 e. The molecular weight excluding hydrogens is 272 g/mol. The van der Waals surface area contributed by atoms with Crippen molar-refractivity contribution >= 4 is 38.1 Å². The van der Waals surface area contributed by atoms with Gasteiger partial charge in [0, 0.05) is 8.95 Å². The van der Waals surface area contributed by atoms with E-state index in [9.17, 15) is 0 Å². The van der Waals surface area contributed by atoms with Crippen molar-refractivity contribution in [2.24, 2.45) is 10.9 Å². The Hall–Kier alpha value is -0.350. The Labute approximate surface area is 81.7 Å². The Kier molecular flexibility index (Phi) is 3.08. The lowest BCUT2D eigenvalue weighted by molar-refractivity contribution is 1.26. The number of nitrogens with zero attached hydrogens (tertiary/aromatic N) is 1. The molecule has 0 heterocycles. The largest absolute Gasteiger partial charge is 0.323 e. The fraction of sp³-hybridized carbons (Fsp3) is 0. The van der Waals surface area contributed by atoms with Gasteiger partial charge in [-0.3, -0.25) is 0 Å². The minimum atomic E-state index is 0.966. The minimum absolute atomic E-state index is 0.966. The zero-order valence-corrected chi connectivity index (χ0v) is 8.76. The van der Waals surface area contributed by atoms with Crippen LogP contribution in [0.15, 0.2) is 32.2 Å². The van der Waals surface area contributed by atoms with Gasteiger partial charge >= 0.3 is 0 Å². The lowest BCUT2D eigenvalue weighted by Gasteiger charge is -1.95. The van der Waals surface area contributed by atoms with Gasteiger partial charge in [-0.1, -0.05) is 31.9 Å². The third-order valence-corrected chi connectivity index (χ3v) is 2.02. The monoisotopic (exact) mass is 276 g/mol. The predicted octanol–water partition coefficient (Wildman–Crippen LogP) is 2.50. The summed E-state index contributed by atoms with van der Waals surface area (Å²) in [5.41, 5.74) is 0.966. The molecule has 0 aliphatic rings. The molecule has 0 radical (unpaired) electrons. The van der Waals surface area contributed by atoms with Gasteiger partial charge in [-0.2, -0.15) is 5.10 Å². The summed E-state index contributed by atoms with van der Waals surface area (Å²) in [6.07, 6.45) is 1.59. The summed E-state index contributed by atoms with van der Waals surface area (Å²) in [7, 11) is 0. The summed E-state index contributed by atoms with van der Waals surface area (Å²) in [4.78, 5) is 0. The lowest BCUT2D eigenvalue weighted by Crippen LogP contribution is -1.86. The summed E-state index contributed by atoms with van der Waals surface area (Å²) in [5.74, 6) is 5.00. The van der Waals surface area contributed by atoms with Gasteiger partial charge in [0.25, 0.3) is 0 Å². The summed E-state index contributed by atoms with van der Waals surface area (Å²) in [6, 6.07) is 5.82. The zero-order valence-electron chi connectivity index (χ0n) is 5.59. The van der Waals surface area contributed by atoms with Gasteiger partial charge in [0.2, 0.25) is 0 Å². The maximum absolute atomic E-state index is 5.00. The summed E-state index contributed by atoms with van der Waals surface area (Å²) < 4.78 is 2.00. The van der Waals surface area contributed by atoms with Gasteiger partial charge < -0.3 is 5.84 Å². The molecule has 0 unspecified atom stereocenters. The van der Waals surface area contributed by atoms with E-state index in [2.05, 4.69) is 37.0 Å². The third-order valence-electron chi connectivity index (χ3n) is 1.11. The average Bonchev–Trinajstić information content (AvgIpc) is 1.85. The highest BCUT2D eigenvalue weighted by atomic mass is 79.9. The number of rotatable bonds is 1. The first-order valence-electron chi connectivity index (χ1n) is 2.92. The van der Waals surface area contributed by atoms with Gasteiger partial charge in [0.15, 0.2) is 0 Å². The van der Waals surface area contributed by atoms with Crippen LogP contribution in [0.5, 0.6) is 0 Å². The van der Waals surface area contributed by atoms with Crippen molar-refractivity contribution in [2.45, 2.75) is 0 Å². The van der Waals surface area contributed by atoms with Crippen molar-refractivity contribution in [1.82, 2.24) is 0 Å². The molecule has 1 rings (SSSR count). The summed E-state index contributed by atoms with van der Waals surface area (Å²) in [6.45, 7) is 0. The molecule has 0 aromatic heterocycles. The summed E-state index contributed by atoms with van der Waals surface area (Å²) in [5, 5.41) is 3.42. The van der Waals surface area contributed by atoms with Crippen molar-refractivity contribution in [2.75, 3.05) is 0 Å².